The molecular formula is C16H25N7O2S. The molecule has 0 spiro atoms. The van der Waals surface area contributed by atoms with Crippen LogP contribution in [0.3, 0.4) is 0 Å². The minimum Gasteiger partial charge on any atom is -0.353 e. The molecule has 26 heavy (non-hydrogen) atoms. The van der Waals surface area contributed by atoms with Gasteiger partial charge in [0, 0.05) is 44.3 Å². The molecule has 10 heteroatoms. The van der Waals surface area contributed by atoms with E-state index in [9.17, 15) is 9.59 Å². The normalized spacial score (nSPS) is 30.8. The number of rotatable bonds is 5. The number of tetrazole rings is 1. The van der Waals surface area contributed by atoms with Crippen molar-refractivity contribution < 1.29 is 9.59 Å². The fourth-order valence-electron chi connectivity index (χ4n) is 4.62. The van der Waals surface area contributed by atoms with Gasteiger partial charge in [-0.3, -0.25) is 9.59 Å². The molecule has 2 bridgehead atoms. The average molecular weight is 379 g/mol. The molecule has 4 atom stereocenters. The largest absolute Gasteiger partial charge is 0.353 e. The quantitative estimate of drug-likeness (QED) is 0.520. The lowest BCUT2D eigenvalue weighted by molar-refractivity contribution is -0.156. The van der Waals surface area contributed by atoms with Crippen LogP contribution in [0, 0.1) is 11.8 Å². The standard InChI is InChI=1S/C16H25N7O2S/c1-22-16(19-20-21-22)26-6-5-18-15(25)14-11-7-10(8-17-9-11)12-3-2-4-13(24)23(12)14/h10-12,14,17H,2-9H2,1H3,(H,18,25)/t10-,11+,12+,14-/m1/s1. The maximum atomic E-state index is 12.9. The van der Waals surface area contributed by atoms with Crippen molar-refractivity contribution in [1.82, 2.24) is 35.7 Å². The molecule has 0 unspecified atom stereocenters. The van der Waals surface area contributed by atoms with Gasteiger partial charge in [0.2, 0.25) is 17.0 Å². The van der Waals surface area contributed by atoms with E-state index in [4.69, 9.17) is 0 Å². The first kappa shape index (κ1) is 17.7. The first-order valence-electron chi connectivity index (χ1n) is 9.30. The Labute approximate surface area is 156 Å². The lowest BCUT2D eigenvalue weighted by Gasteiger charge is -2.53. The third-order valence-corrected chi connectivity index (χ3v) is 6.74. The number of aromatic nitrogens is 4. The van der Waals surface area contributed by atoms with Crippen molar-refractivity contribution in [3.63, 3.8) is 0 Å². The Balaban J connectivity index is 1.38. The molecule has 142 valence electrons. The van der Waals surface area contributed by atoms with E-state index in [1.54, 1.807) is 11.7 Å². The smallest absolute Gasteiger partial charge is 0.243 e. The second kappa shape index (κ2) is 7.51. The van der Waals surface area contributed by atoms with Gasteiger partial charge in [0.05, 0.1) is 0 Å². The summed E-state index contributed by atoms with van der Waals surface area (Å²) in [5.41, 5.74) is 0. The van der Waals surface area contributed by atoms with E-state index < -0.39 is 0 Å². The van der Waals surface area contributed by atoms with E-state index in [1.165, 1.54) is 11.8 Å². The molecule has 0 aromatic carbocycles. The number of aryl methyl sites for hydroxylation is 1. The van der Waals surface area contributed by atoms with Crippen molar-refractivity contribution in [1.29, 1.82) is 0 Å². The SMILES string of the molecule is Cn1nnnc1SCCNC(=O)[C@H]1[C@@H]2CNC[C@@H](C2)[C@@H]2CCCC(=O)N21. The molecule has 2 amide bonds. The zero-order chi connectivity index (χ0) is 18.1. The van der Waals surface area contributed by atoms with Crippen molar-refractivity contribution in [3.8, 4) is 0 Å². The fourth-order valence-corrected chi connectivity index (χ4v) is 5.32. The van der Waals surface area contributed by atoms with Crippen LogP contribution in [0.25, 0.3) is 0 Å². The van der Waals surface area contributed by atoms with Gasteiger partial charge in [0.1, 0.15) is 6.04 Å². The molecule has 1 aromatic heterocycles. The van der Waals surface area contributed by atoms with Crippen LogP contribution in [0.5, 0.6) is 0 Å². The Morgan fingerprint density at radius 3 is 3.04 bits per heavy atom. The van der Waals surface area contributed by atoms with Crippen LogP contribution < -0.4 is 10.6 Å². The topological polar surface area (TPSA) is 105 Å². The van der Waals surface area contributed by atoms with E-state index in [0.29, 0.717) is 24.6 Å². The number of hydrogen-bond acceptors (Lipinski definition) is 7. The molecule has 3 saturated heterocycles. The Morgan fingerprint density at radius 1 is 1.38 bits per heavy atom. The van der Waals surface area contributed by atoms with Crippen LogP contribution in [0.2, 0.25) is 0 Å². The fraction of sp³-hybridized carbons (Fsp3) is 0.812. The maximum Gasteiger partial charge on any atom is 0.243 e. The number of hydrogen-bond donors (Lipinski definition) is 2. The van der Waals surface area contributed by atoms with Gasteiger partial charge < -0.3 is 15.5 Å². The molecule has 1 aromatic rings. The van der Waals surface area contributed by atoms with Gasteiger partial charge in [0.15, 0.2) is 0 Å². The number of carbonyl (C=O) groups is 2. The summed E-state index contributed by atoms with van der Waals surface area (Å²) in [7, 11) is 1.79. The van der Waals surface area contributed by atoms with Crippen LogP contribution >= 0.6 is 11.8 Å². The Bertz CT molecular complexity index is 681. The number of thioether (sulfide) groups is 1. The van der Waals surface area contributed by atoms with Crippen molar-refractivity contribution in [2.24, 2.45) is 18.9 Å². The van der Waals surface area contributed by atoms with Crippen LogP contribution in [0.1, 0.15) is 25.7 Å². The summed E-state index contributed by atoms with van der Waals surface area (Å²) in [6.45, 7) is 2.30. The highest BCUT2D eigenvalue weighted by atomic mass is 32.2. The molecule has 4 rings (SSSR count). The van der Waals surface area contributed by atoms with Crippen LogP contribution in [0.4, 0.5) is 0 Å². The first-order chi connectivity index (χ1) is 12.6. The van der Waals surface area contributed by atoms with Gasteiger partial charge in [-0.25, -0.2) is 4.68 Å². The highest BCUT2D eigenvalue weighted by Crippen LogP contribution is 2.39. The minimum absolute atomic E-state index is 0.0194. The molecule has 9 nitrogen and oxygen atoms in total. The predicted molar refractivity (Wildman–Crippen MR) is 95.3 cm³/mol. The predicted octanol–water partition coefficient (Wildman–Crippen LogP) is -0.593. The summed E-state index contributed by atoms with van der Waals surface area (Å²) >= 11 is 1.50. The molecule has 3 aliphatic rings. The summed E-state index contributed by atoms with van der Waals surface area (Å²) in [4.78, 5) is 27.5. The number of piperidine rings is 3. The van der Waals surface area contributed by atoms with Gasteiger partial charge >= 0.3 is 0 Å². The van der Waals surface area contributed by atoms with Crippen molar-refractivity contribution in [2.45, 2.75) is 42.9 Å². The number of nitrogens with zero attached hydrogens (tertiary/aromatic N) is 5. The highest BCUT2D eigenvalue weighted by molar-refractivity contribution is 7.99. The van der Waals surface area contributed by atoms with E-state index in [1.807, 2.05) is 4.90 Å². The third-order valence-electron chi connectivity index (χ3n) is 5.73. The van der Waals surface area contributed by atoms with E-state index in [2.05, 4.69) is 26.2 Å². The number of fused-ring (bicyclic) bond motifs is 4. The molecule has 0 aliphatic carbocycles. The summed E-state index contributed by atoms with van der Waals surface area (Å²) < 4.78 is 1.61. The van der Waals surface area contributed by atoms with Gasteiger partial charge in [-0.1, -0.05) is 11.8 Å². The van der Waals surface area contributed by atoms with Gasteiger partial charge in [-0.05, 0) is 42.2 Å². The molecule has 4 heterocycles. The summed E-state index contributed by atoms with van der Waals surface area (Å²) in [6, 6.07) is -0.117. The molecular weight excluding hydrogens is 354 g/mol. The lowest BCUT2D eigenvalue weighted by atomic mass is 9.72. The molecule has 0 radical (unpaired) electrons. The zero-order valence-electron chi connectivity index (χ0n) is 14.9. The molecule has 2 N–H and O–H groups in total. The second-order valence-electron chi connectivity index (χ2n) is 7.34. The third kappa shape index (κ3) is 3.32. The Kier molecular flexibility index (Phi) is 5.12. The monoisotopic (exact) mass is 379 g/mol. The van der Waals surface area contributed by atoms with Gasteiger partial charge in [0.25, 0.3) is 0 Å². The van der Waals surface area contributed by atoms with Crippen molar-refractivity contribution in [2.75, 3.05) is 25.4 Å². The van der Waals surface area contributed by atoms with Crippen molar-refractivity contribution in [3.05, 3.63) is 0 Å². The van der Waals surface area contributed by atoms with E-state index >= 15 is 0 Å². The summed E-state index contributed by atoms with van der Waals surface area (Å²) in [5, 5.41) is 18.5. The van der Waals surface area contributed by atoms with E-state index in [-0.39, 0.29) is 29.8 Å². The van der Waals surface area contributed by atoms with Crippen LogP contribution in [-0.4, -0.2) is 74.4 Å². The zero-order valence-corrected chi connectivity index (χ0v) is 15.7. The first-order valence-corrected chi connectivity index (χ1v) is 10.3. The Morgan fingerprint density at radius 2 is 2.23 bits per heavy atom. The lowest BCUT2D eigenvalue weighted by Crippen LogP contribution is -2.68. The highest BCUT2D eigenvalue weighted by Gasteiger charge is 2.50. The Hall–Kier alpha value is -1.68. The summed E-state index contributed by atoms with van der Waals surface area (Å²) in [5.74, 6) is 1.52. The number of nitrogens with one attached hydrogen (secondary N) is 2. The average Bonchev–Trinajstić information content (AvgIpc) is 3.05. The minimum atomic E-state index is -0.335. The number of carbonyl (C=O) groups excluding carboxylic acids is 2. The molecule has 0 saturated carbocycles. The van der Waals surface area contributed by atoms with Crippen molar-refractivity contribution >= 4 is 23.6 Å². The molecule has 3 fully saturated rings. The number of amides is 2. The maximum absolute atomic E-state index is 12.9. The molecule has 3 aliphatic heterocycles. The summed E-state index contributed by atoms with van der Waals surface area (Å²) in [6.07, 6.45) is 3.57. The second-order valence-corrected chi connectivity index (χ2v) is 8.41. The van der Waals surface area contributed by atoms with E-state index in [0.717, 1.165) is 37.5 Å². The van der Waals surface area contributed by atoms with Gasteiger partial charge in [-0.2, -0.15) is 0 Å². The van der Waals surface area contributed by atoms with Gasteiger partial charge in [-0.15, -0.1) is 5.10 Å². The van der Waals surface area contributed by atoms with Crippen LogP contribution in [0.15, 0.2) is 5.16 Å². The van der Waals surface area contributed by atoms with Crippen LogP contribution in [-0.2, 0) is 16.6 Å².